The molecule has 2 aromatic heterocycles. The molecule has 2 N–H and O–H groups in total. The summed E-state index contributed by atoms with van der Waals surface area (Å²) in [6, 6.07) is 14.1. The lowest BCUT2D eigenvalue weighted by Crippen LogP contribution is -2.37. The quantitative estimate of drug-likeness (QED) is 0.326. The number of hydrogen-bond donors (Lipinski definition) is 2. The average molecular weight is 535 g/mol. The Morgan fingerprint density at radius 3 is 2.70 bits per heavy atom. The number of nitrogens with zero attached hydrogens (tertiary/aromatic N) is 4. The highest BCUT2D eigenvalue weighted by Gasteiger charge is 2.23. The van der Waals surface area contributed by atoms with Crippen molar-refractivity contribution < 1.29 is 14.2 Å². The Labute approximate surface area is 222 Å². The molecule has 0 radical (unpaired) electrons. The fraction of sp³-hybridized carbons (Fsp3) is 0.269. The van der Waals surface area contributed by atoms with Crippen LogP contribution in [0.5, 0.6) is 11.5 Å². The Morgan fingerprint density at radius 2 is 1.89 bits per heavy atom. The zero-order chi connectivity index (χ0) is 25.2. The lowest BCUT2D eigenvalue weighted by molar-refractivity contribution is 0.0384. The molecule has 1 saturated heterocycles. The van der Waals surface area contributed by atoms with Gasteiger partial charge in [0.1, 0.15) is 16.5 Å². The van der Waals surface area contributed by atoms with E-state index in [1.54, 1.807) is 12.1 Å². The minimum Gasteiger partial charge on any atom is -0.454 e. The molecule has 0 spiro atoms. The minimum atomic E-state index is 0.113. The molecule has 188 valence electrons. The number of hydrogen-bond acceptors (Lipinski definition) is 10. The van der Waals surface area contributed by atoms with E-state index in [0.717, 1.165) is 49.7 Å². The van der Waals surface area contributed by atoms with Crippen molar-refractivity contribution in [3.8, 4) is 17.6 Å². The Kier molecular flexibility index (Phi) is 6.68. The molecule has 11 heteroatoms. The maximum atomic E-state index is 9.75. The van der Waals surface area contributed by atoms with Crippen LogP contribution < -0.4 is 20.1 Å². The number of fused-ring (bicyclic) bond motifs is 2. The molecular formula is C26H23ClN6O3S. The first kappa shape index (κ1) is 23.8. The first-order valence-corrected chi connectivity index (χ1v) is 13.1. The van der Waals surface area contributed by atoms with E-state index in [1.807, 2.05) is 0 Å². The van der Waals surface area contributed by atoms with Gasteiger partial charge in [0.2, 0.25) is 6.79 Å². The number of pyridine rings is 1. The van der Waals surface area contributed by atoms with E-state index >= 15 is 0 Å². The van der Waals surface area contributed by atoms with Crippen LogP contribution in [0, 0.1) is 11.3 Å². The summed E-state index contributed by atoms with van der Waals surface area (Å²) in [5.74, 6) is 1.11. The first-order chi connectivity index (χ1) is 18.2. The van der Waals surface area contributed by atoms with Crippen LogP contribution in [0.2, 0.25) is 5.02 Å². The van der Waals surface area contributed by atoms with Crippen molar-refractivity contribution in [1.82, 2.24) is 14.9 Å². The van der Waals surface area contributed by atoms with Crippen molar-refractivity contribution in [3.63, 3.8) is 0 Å². The second-order valence-corrected chi connectivity index (χ2v) is 10.0. The summed E-state index contributed by atoms with van der Waals surface area (Å²) in [5, 5.41) is 17.5. The van der Waals surface area contributed by atoms with Crippen LogP contribution in [0.1, 0.15) is 11.1 Å². The third kappa shape index (κ3) is 4.99. The molecule has 0 atom stereocenters. The van der Waals surface area contributed by atoms with Crippen LogP contribution >= 0.6 is 22.9 Å². The zero-order valence-corrected chi connectivity index (χ0v) is 21.4. The molecule has 6 rings (SSSR count). The van der Waals surface area contributed by atoms with Gasteiger partial charge in [-0.1, -0.05) is 35.1 Å². The van der Waals surface area contributed by atoms with Gasteiger partial charge in [-0.15, -0.1) is 0 Å². The van der Waals surface area contributed by atoms with Crippen LogP contribution in [0.15, 0.2) is 42.6 Å². The Morgan fingerprint density at radius 1 is 1.05 bits per heavy atom. The van der Waals surface area contributed by atoms with E-state index in [0.29, 0.717) is 44.2 Å². The zero-order valence-electron chi connectivity index (χ0n) is 19.8. The molecule has 2 aromatic carbocycles. The molecule has 2 aliphatic heterocycles. The molecule has 2 aliphatic rings. The second-order valence-electron chi connectivity index (χ2n) is 8.64. The summed E-state index contributed by atoms with van der Waals surface area (Å²) in [4.78, 5) is 11.5. The highest BCUT2D eigenvalue weighted by atomic mass is 35.5. The van der Waals surface area contributed by atoms with Crippen LogP contribution in [-0.2, 0) is 11.2 Å². The second kappa shape index (κ2) is 10.4. The Hall–Kier alpha value is -3.62. The minimum absolute atomic E-state index is 0.113. The van der Waals surface area contributed by atoms with Crippen LogP contribution in [0.25, 0.3) is 10.3 Å². The summed E-state index contributed by atoms with van der Waals surface area (Å²) in [5.41, 5.74) is 4.22. The van der Waals surface area contributed by atoms with E-state index < -0.39 is 0 Å². The summed E-state index contributed by atoms with van der Waals surface area (Å²) in [7, 11) is 0. The maximum absolute atomic E-state index is 9.75. The number of halogens is 1. The smallest absolute Gasteiger partial charge is 0.231 e. The fourth-order valence-electron chi connectivity index (χ4n) is 4.32. The average Bonchev–Trinajstić information content (AvgIpc) is 3.57. The topological polar surface area (TPSA) is 105 Å². The standard InChI is InChI=1S/C26H23ClN6O3S/c27-19-5-6-20-23(36-15-35-20)22(19)31-21-17(13-28)14-29-25-24(21)37-26(32-25)30-18-3-1-16(2-4-18)7-8-33-9-11-34-12-10-33/h1-6,14H,7-12,15H2,(H2,29,30,31,32). The third-order valence-corrected chi connectivity index (χ3v) is 7.60. The van der Waals surface area contributed by atoms with Crippen LogP contribution in [0.4, 0.5) is 22.2 Å². The summed E-state index contributed by atoms with van der Waals surface area (Å²) in [6.07, 6.45) is 2.50. The van der Waals surface area contributed by atoms with E-state index in [2.05, 4.69) is 55.8 Å². The Bertz CT molecular complexity index is 1480. The van der Waals surface area contributed by atoms with Gasteiger partial charge in [0.15, 0.2) is 22.3 Å². The largest absolute Gasteiger partial charge is 0.454 e. The number of anilines is 4. The molecule has 9 nitrogen and oxygen atoms in total. The molecule has 0 bridgehead atoms. The normalized spacial score (nSPS) is 15.0. The number of thiazole rings is 1. The van der Waals surface area contributed by atoms with Gasteiger partial charge in [-0.05, 0) is 36.2 Å². The summed E-state index contributed by atoms with van der Waals surface area (Å²) < 4.78 is 17.2. The van der Waals surface area contributed by atoms with Gasteiger partial charge < -0.3 is 24.8 Å². The predicted molar refractivity (Wildman–Crippen MR) is 144 cm³/mol. The number of nitriles is 1. The molecule has 0 aliphatic carbocycles. The molecule has 4 heterocycles. The molecule has 0 amide bonds. The summed E-state index contributed by atoms with van der Waals surface area (Å²) >= 11 is 7.87. The number of benzene rings is 2. The van der Waals surface area contributed by atoms with Gasteiger partial charge in [-0.3, -0.25) is 4.90 Å². The molecular weight excluding hydrogens is 512 g/mol. The number of aromatic nitrogens is 2. The van der Waals surface area contributed by atoms with Crippen molar-refractivity contribution in [2.24, 2.45) is 0 Å². The molecule has 4 aromatic rings. The lowest BCUT2D eigenvalue weighted by Gasteiger charge is -2.26. The van der Waals surface area contributed by atoms with Crippen molar-refractivity contribution in [1.29, 1.82) is 5.26 Å². The van der Waals surface area contributed by atoms with Crippen LogP contribution in [0.3, 0.4) is 0 Å². The van der Waals surface area contributed by atoms with Crippen molar-refractivity contribution in [2.45, 2.75) is 6.42 Å². The molecule has 0 unspecified atom stereocenters. The lowest BCUT2D eigenvalue weighted by atomic mass is 10.1. The maximum Gasteiger partial charge on any atom is 0.231 e. The monoisotopic (exact) mass is 534 g/mol. The molecule has 1 fully saturated rings. The molecule has 37 heavy (non-hydrogen) atoms. The van der Waals surface area contributed by atoms with Gasteiger partial charge in [-0.25, -0.2) is 4.98 Å². The van der Waals surface area contributed by atoms with E-state index in [9.17, 15) is 5.26 Å². The fourth-order valence-corrected chi connectivity index (χ4v) is 5.46. The van der Waals surface area contributed by atoms with E-state index in [4.69, 9.17) is 25.8 Å². The summed E-state index contributed by atoms with van der Waals surface area (Å²) in [6.45, 7) is 4.76. The van der Waals surface area contributed by atoms with Crippen molar-refractivity contribution in [2.75, 3.05) is 50.3 Å². The number of morpholine rings is 1. The van der Waals surface area contributed by atoms with Gasteiger partial charge in [-0.2, -0.15) is 10.2 Å². The van der Waals surface area contributed by atoms with Gasteiger partial charge in [0.05, 0.1) is 29.5 Å². The SMILES string of the molecule is N#Cc1cnc2nc(Nc3ccc(CCN4CCOCC4)cc3)sc2c1Nc1c(Cl)ccc2c1OCO2. The van der Waals surface area contributed by atoms with Crippen LogP contribution in [-0.4, -0.2) is 54.5 Å². The van der Waals surface area contributed by atoms with Gasteiger partial charge in [0, 0.05) is 31.5 Å². The predicted octanol–water partition coefficient (Wildman–Crippen LogP) is 5.31. The van der Waals surface area contributed by atoms with Gasteiger partial charge in [0.25, 0.3) is 0 Å². The number of rotatable bonds is 7. The third-order valence-electron chi connectivity index (χ3n) is 6.31. The molecule has 0 saturated carbocycles. The van der Waals surface area contributed by atoms with Crippen molar-refractivity contribution >= 4 is 55.5 Å². The highest BCUT2D eigenvalue weighted by molar-refractivity contribution is 7.22. The van der Waals surface area contributed by atoms with E-state index in [-0.39, 0.29) is 6.79 Å². The highest BCUT2D eigenvalue weighted by Crippen LogP contribution is 2.46. The van der Waals surface area contributed by atoms with E-state index in [1.165, 1.54) is 23.1 Å². The Balaban J connectivity index is 1.22. The van der Waals surface area contributed by atoms with Gasteiger partial charge >= 0.3 is 0 Å². The number of ether oxygens (including phenoxy) is 3. The number of nitrogens with one attached hydrogen (secondary N) is 2. The first-order valence-electron chi connectivity index (χ1n) is 11.9. The van der Waals surface area contributed by atoms with Crippen molar-refractivity contribution in [3.05, 3.63) is 58.7 Å².